The zero-order valence-corrected chi connectivity index (χ0v) is 19.1. The summed E-state index contributed by atoms with van der Waals surface area (Å²) in [6.07, 6.45) is -0.0834. The average molecular weight is 497 g/mol. The van der Waals surface area contributed by atoms with E-state index in [0.29, 0.717) is 22.9 Å². The van der Waals surface area contributed by atoms with E-state index < -0.39 is 22.6 Å². The van der Waals surface area contributed by atoms with E-state index in [1.807, 2.05) is 0 Å². The van der Waals surface area contributed by atoms with Crippen molar-refractivity contribution < 1.29 is 24.0 Å². The van der Waals surface area contributed by atoms with Crippen molar-refractivity contribution in [2.24, 2.45) is 0 Å². The minimum Gasteiger partial charge on any atom is -0.489 e. The van der Waals surface area contributed by atoms with Crippen molar-refractivity contribution in [2.45, 2.75) is 13.0 Å². The summed E-state index contributed by atoms with van der Waals surface area (Å²) in [7, 11) is 0. The molecule has 0 spiro atoms. The molecule has 35 heavy (non-hydrogen) atoms. The maximum atomic E-state index is 12.2. The summed E-state index contributed by atoms with van der Waals surface area (Å²) in [5.41, 5.74) is 5.88. The molecule has 3 rings (SSSR count). The van der Waals surface area contributed by atoms with Gasteiger partial charge in [-0.15, -0.1) is 0 Å². The second-order valence-corrected chi connectivity index (χ2v) is 7.69. The highest BCUT2D eigenvalue weighted by Gasteiger charge is 2.11. The molecule has 3 amide bonds. The third kappa shape index (κ3) is 7.83. The van der Waals surface area contributed by atoms with E-state index in [0.717, 1.165) is 5.56 Å². The highest BCUT2D eigenvalue weighted by molar-refractivity contribution is 6.30. The van der Waals surface area contributed by atoms with Gasteiger partial charge in [-0.05, 0) is 54.1 Å². The SMILES string of the molecule is O=C(CCNC(=O)c1ccc([N+](=O)[O-])cc1)NNC(=O)c1ccc(COc2ccc(Cl)cc2)cc1. The number of carbonyl (C=O) groups excluding carboxylic acids is 3. The standard InChI is InChI=1S/C24H21ClN4O6/c25-19-7-11-21(12-8-19)35-15-16-1-3-18(4-2-16)24(32)28-27-22(30)13-14-26-23(31)17-5-9-20(10-6-17)29(33)34/h1-12H,13-15H2,(H,26,31)(H,27,30)(H,28,32). The molecule has 0 aliphatic rings. The Bertz CT molecular complexity index is 1200. The van der Waals surface area contributed by atoms with Crippen LogP contribution in [0.3, 0.4) is 0 Å². The van der Waals surface area contributed by atoms with Gasteiger partial charge in [-0.25, -0.2) is 0 Å². The summed E-state index contributed by atoms with van der Waals surface area (Å²) in [5, 5.41) is 13.8. The summed E-state index contributed by atoms with van der Waals surface area (Å²) in [6.45, 7) is 0.325. The first-order chi connectivity index (χ1) is 16.8. The van der Waals surface area contributed by atoms with Gasteiger partial charge in [0.15, 0.2) is 0 Å². The first kappa shape index (κ1) is 25.2. The number of ether oxygens (including phenoxy) is 1. The van der Waals surface area contributed by atoms with Crippen LogP contribution in [-0.2, 0) is 11.4 Å². The molecule has 0 heterocycles. The largest absolute Gasteiger partial charge is 0.489 e. The lowest BCUT2D eigenvalue weighted by molar-refractivity contribution is -0.384. The van der Waals surface area contributed by atoms with Gasteiger partial charge >= 0.3 is 0 Å². The van der Waals surface area contributed by atoms with Crippen molar-refractivity contribution in [3.63, 3.8) is 0 Å². The van der Waals surface area contributed by atoms with Gasteiger partial charge in [0.05, 0.1) is 4.92 Å². The molecule has 3 aromatic rings. The van der Waals surface area contributed by atoms with Crippen LogP contribution in [0, 0.1) is 10.1 Å². The maximum absolute atomic E-state index is 12.2. The molecular weight excluding hydrogens is 476 g/mol. The van der Waals surface area contributed by atoms with Crippen LogP contribution in [0.2, 0.25) is 5.02 Å². The van der Waals surface area contributed by atoms with Crippen molar-refractivity contribution in [3.8, 4) is 5.75 Å². The monoisotopic (exact) mass is 496 g/mol. The van der Waals surface area contributed by atoms with Gasteiger partial charge in [-0.3, -0.25) is 35.3 Å². The number of nitrogens with one attached hydrogen (secondary N) is 3. The quantitative estimate of drug-likeness (QED) is 0.306. The number of nitro benzene ring substituents is 1. The highest BCUT2D eigenvalue weighted by atomic mass is 35.5. The fourth-order valence-electron chi connectivity index (χ4n) is 2.84. The van der Waals surface area contributed by atoms with E-state index in [1.54, 1.807) is 48.5 Å². The molecule has 0 aliphatic heterocycles. The Hall–Kier alpha value is -4.44. The zero-order chi connectivity index (χ0) is 25.2. The normalized spacial score (nSPS) is 10.2. The van der Waals surface area contributed by atoms with Crippen LogP contribution in [0.15, 0.2) is 72.8 Å². The lowest BCUT2D eigenvalue weighted by atomic mass is 10.1. The smallest absolute Gasteiger partial charge is 0.269 e. The van der Waals surface area contributed by atoms with Gasteiger partial charge in [0.2, 0.25) is 5.91 Å². The molecule has 0 fully saturated rings. The van der Waals surface area contributed by atoms with Crippen LogP contribution in [-0.4, -0.2) is 29.2 Å². The summed E-state index contributed by atoms with van der Waals surface area (Å²) in [4.78, 5) is 46.3. The molecule has 3 aromatic carbocycles. The minimum atomic E-state index is -0.563. The number of nitro groups is 1. The van der Waals surface area contributed by atoms with E-state index in [9.17, 15) is 24.5 Å². The second-order valence-electron chi connectivity index (χ2n) is 7.25. The van der Waals surface area contributed by atoms with Gasteiger partial charge in [-0.1, -0.05) is 23.7 Å². The number of non-ortho nitro benzene ring substituents is 1. The lowest BCUT2D eigenvalue weighted by Crippen LogP contribution is -2.42. The molecule has 11 heteroatoms. The first-order valence-electron chi connectivity index (χ1n) is 10.4. The van der Waals surface area contributed by atoms with Gasteiger partial charge in [0.25, 0.3) is 17.5 Å². The Kier molecular flexibility index (Phi) is 8.74. The van der Waals surface area contributed by atoms with E-state index in [-0.39, 0.29) is 24.2 Å². The van der Waals surface area contributed by atoms with Crippen LogP contribution >= 0.6 is 11.6 Å². The van der Waals surface area contributed by atoms with Crippen molar-refractivity contribution >= 4 is 35.0 Å². The van der Waals surface area contributed by atoms with Crippen molar-refractivity contribution in [2.75, 3.05) is 6.54 Å². The van der Waals surface area contributed by atoms with Gasteiger partial charge < -0.3 is 10.1 Å². The molecule has 0 aliphatic carbocycles. The number of amides is 3. The Morgan fingerprint density at radius 1 is 0.829 bits per heavy atom. The Balaban J connectivity index is 1.37. The first-order valence-corrected chi connectivity index (χ1v) is 10.8. The van der Waals surface area contributed by atoms with Crippen LogP contribution in [0.4, 0.5) is 5.69 Å². The van der Waals surface area contributed by atoms with Crippen LogP contribution in [0.25, 0.3) is 0 Å². The summed E-state index contributed by atoms with van der Waals surface area (Å²) in [6, 6.07) is 18.7. The number of benzene rings is 3. The van der Waals surface area contributed by atoms with Crippen molar-refractivity contribution in [1.29, 1.82) is 0 Å². The third-order valence-electron chi connectivity index (χ3n) is 4.73. The second kappa shape index (κ2) is 12.1. The van der Waals surface area contributed by atoms with Crippen molar-refractivity contribution in [3.05, 3.63) is 105 Å². The Morgan fingerprint density at radius 2 is 1.43 bits per heavy atom. The lowest BCUT2D eigenvalue weighted by Gasteiger charge is -2.09. The molecular formula is C24H21ClN4O6. The summed E-state index contributed by atoms with van der Waals surface area (Å²) >= 11 is 5.84. The minimum absolute atomic E-state index is 0.0137. The molecule has 0 aromatic heterocycles. The molecule has 0 bridgehead atoms. The predicted octanol–water partition coefficient (Wildman–Crippen LogP) is 3.41. The molecule has 180 valence electrons. The van der Waals surface area contributed by atoms with E-state index in [4.69, 9.17) is 16.3 Å². The average Bonchev–Trinajstić information content (AvgIpc) is 2.87. The summed E-state index contributed by atoms with van der Waals surface area (Å²) < 4.78 is 5.65. The number of hydrogen-bond donors (Lipinski definition) is 3. The van der Waals surface area contributed by atoms with Crippen LogP contribution in [0.5, 0.6) is 5.75 Å². The maximum Gasteiger partial charge on any atom is 0.269 e. The van der Waals surface area contributed by atoms with Crippen LogP contribution in [0.1, 0.15) is 32.7 Å². The number of nitrogens with zero attached hydrogens (tertiary/aromatic N) is 1. The fraction of sp³-hybridized carbons (Fsp3) is 0.125. The molecule has 10 nitrogen and oxygen atoms in total. The molecule has 3 N–H and O–H groups in total. The van der Waals surface area contributed by atoms with Crippen molar-refractivity contribution in [1.82, 2.24) is 16.2 Å². The molecule has 0 radical (unpaired) electrons. The number of halogens is 1. The van der Waals surface area contributed by atoms with E-state index in [2.05, 4.69) is 16.2 Å². The Labute approximate surface area is 205 Å². The summed E-state index contributed by atoms with van der Waals surface area (Å²) in [5.74, 6) is -0.812. The molecule has 0 unspecified atom stereocenters. The molecule has 0 saturated heterocycles. The van der Waals surface area contributed by atoms with Gasteiger partial charge in [0.1, 0.15) is 12.4 Å². The van der Waals surface area contributed by atoms with E-state index in [1.165, 1.54) is 24.3 Å². The Morgan fingerprint density at radius 3 is 2.06 bits per heavy atom. The van der Waals surface area contributed by atoms with Gasteiger partial charge in [0, 0.05) is 41.2 Å². The molecule has 0 saturated carbocycles. The molecule has 0 atom stereocenters. The van der Waals surface area contributed by atoms with Gasteiger partial charge in [-0.2, -0.15) is 0 Å². The highest BCUT2D eigenvalue weighted by Crippen LogP contribution is 2.17. The topological polar surface area (TPSA) is 140 Å². The predicted molar refractivity (Wildman–Crippen MR) is 128 cm³/mol. The van der Waals surface area contributed by atoms with E-state index >= 15 is 0 Å². The number of hydrazine groups is 1. The number of hydrogen-bond acceptors (Lipinski definition) is 6. The zero-order valence-electron chi connectivity index (χ0n) is 18.3. The fourth-order valence-corrected chi connectivity index (χ4v) is 2.96. The number of carbonyl (C=O) groups is 3. The van der Waals surface area contributed by atoms with Crippen LogP contribution < -0.4 is 20.9 Å². The number of rotatable bonds is 9. The third-order valence-corrected chi connectivity index (χ3v) is 4.98.